The first-order chi connectivity index (χ1) is 8.24. The molecule has 3 rings (SSSR count). The van der Waals surface area contributed by atoms with E-state index in [0.717, 1.165) is 27.6 Å². The molecule has 0 saturated heterocycles. The summed E-state index contributed by atoms with van der Waals surface area (Å²) in [5.74, 6) is 0.228. The summed E-state index contributed by atoms with van der Waals surface area (Å²) >= 11 is 3.46. The maximum Gasteiger partial charge on any atom is 0.167 e. The van der Waals surface area contributed by atoms with Crippen LogP contribution < -0.4 is 0 Å². The molecule has 0 bridgehead atoms. The van der Waals surface area contributed by atoms with Gasteiger partial charge in [0.2, 0.25) is 0 Å². The van der Waals surface area contributed by atoms with E-state index >= 15 is 0 Å². The molecular weight excluding hydrogens is 276 g/mol. The van der Waals surface area contributed by atoms with Gasteiger partial charge in [-0.3, -0.25) is 4.79 Å². The van der Waals surface area contributed by atoms with Crippen molar-refractivity contribution in [2.24, 2.45) is 0 Å². The van der Waals surface area contributed by atoms with Crippen molar-refractivity contribution in [3.8, 4) is 0 Å². The van der Waals surface area contributed by atoms with Gasteiger partial charge in [-0.25, -0.2) is 0 Å². The quantitative estimate of drug-likeness (QED) is 0.717. The van der Waals surface area contributed by atoms with Gasteiger partial charge in [-0.05, 0) is 41.3 Å². The van der Waals surface area contributed by atoms with Crippen LogP contribution in [0.25, 0.3) is 5.57 Å². The highest BCUT2D eigenvalue weighted by Crippen LogP contribution is 2.33. The summed E-state index contributed by atoms with van der Waals surface area (Å²) in [4.78, 5) is 12.0. The molecule has 0 aromatic heterocycles. The number of hydrogen-bond acceptors (Lipinski definition) is 1. The third-order valence-electron chi connectivity index (χ3n) is 3.14. The molecule has 0 radical (unpaired) electrons. The molecule has 0 atom stereocenters. The second-order valence-electron chi connectivity index (χ2n) is 4.33. The number of allylic oxidation sites excluding steroid dienone is 6. The van der Waals surface area contributed by atoms with E-state index in [1.807, 2.05) is 30.4 Å². The van der Waals surface area contributed by atoms with Crippen LogP contribution in [0, 0.1) is 0 Å². The maximum absolute atomic E-state index is 12.0. The third kappa shape index (κ3) is 1.93. The van der Waals surface area contributed by atoms with Crippen molar-refractivity contribution in [2.45, 2.75) is 12.8 Å². The van der Waals surface area contributed by atoms with Crippen molar-refractivity contribution in [1.29, 1.82) is 0 Å². The molecule has 0 unspecified atom stereocenters. The molecule has 0 aliphatic heterocycles. The predicted molar refractivity (Wildman–Crippen MR) is 72.7 cm³/mol. The van der Waals surface area contributed by atoms with Gasteiger partial charge in [0.05, 0.1) is 0 Å². The number of Topliss-reactive ketones (excluding diaryl/α,β-unsaturated/α-hetero) is 1. The molecule has 2 aliphatic carbocycles. The molecule has 0 spiro atoms. The zero-order valence-electron chi connectivity index (χ0n) is 9.24. The number of fused-ring (bicyclic) bond motifs is 1. The Bertz CT molecular complexity index is 591. The van der Waals surface area contributed by atoms with Crippen molar-refractivity contribution in [3.63, 3.8) is 0 Å². The highest BCUT2D eigenvalue weighted by atomic mass is 79.9. The lowest BCUT2D eigenvalue weighted by Gasteiger charge is -2.01. The molecule has 0 amide bonds. The molecule has 84 valence electrons. The van der Waals surface area contributed by atoms with E-state index in [2.05, 4.69) is 28.1 Å². The zero-order chi connectivity index (χ0) is 11.8. The summed E-state index contributed by atoms with van der Waals surface area (Å²) in [7, 11) is 0. The fourth-order valence-electron chi connectivity index (χ4n) is 2.29. The van der Waals surface area contributed by atoms with Crippen LogP contribution in [0.5, 0.6) is 0 Å². The molecule has 0 saturated carbocycles. The third-order valence-corrected chi connectivity index (χ3v) is 3.64. The SMILES string of the molecule is O=C1Cc2ccc(Br)cc2/C1=C/C1=CC=CC1. The number of halogens is 1. The van der Waals surface area contributed by atoms with Crippen LogP contribution in [0.15, 0.2) is 52.5 Å². The normalized spacial score (nSPS) is 19.9. The summed E-state index contributed by atoms with van der Waals surface area (Å²) < 4.78 is 1.02. The van der Waals surface area contributed by atoms with E-state index in [4.69, 9.17) is 0 Å². The van der Waals surface area contributed by atoms with Crippen LogP contribution in [0.2, 0.25) is 0 Å². The Hall–Kier alpha value is -1.41. The maximum atomic E-state index is 12.0. The number of carbonyl (C=O) groups excluding carboxylic acids is 1. The molecule has 17 heavy (non-hydrogen) atoms. The molecule has 2 heteroatoms. The number of ketones is 1. The highest BCUT2D eigenvalue weighted by Gasteiger charge is 2.24. The Balaban J connectivity index is 2.07. The Morgan fingerprint density at radius 2 is 2.18 bits per heavy atom. The van der Waals surface area contributed by atoms with E-state index in [0.29, 0.717) is 6.42 Å². The largest absolute Gasteiger partial charge is 0.294 e. The highest BCUT2D eigenvalue weighted by molar-refractivity contribution is 9.10. The van der Waals surface area contributed by atoms with Gasteiger partial charge in [-0.2, -0.15) is 0 Å². The van der Waals surface area contributed by atoms with Crippen LogP contribution in [0.3, 0.4) is 0 Å². The standard InChI is InChI=1S/C15H11BrO/c16-12-6-5-11-8-15(17)14(13(11)9-12)7-10-3-1-2-4-10/h1-3,5-7,9H,4,8H2/b14-7-. The van der Waals surface area contributed by atoms with Gasteiger partial charge in [0, 0.05) is 16.5 Å². The lowest BCUT2D eigenvalue weighted by atomic mass is 10.0. The van der Waals surface area contributed by atoms with Crippen LogP contribution in [0.4, 0.5) is 0 Å². The van der Waals surface area contributed by atoms with E-state index in [1.165, 1.54) is 5.57 Å². The fourth-order valence-corrected chi connectivity index (χ4v) is 2.65. The van der Waals surface area contributed by atoms with Crippen LogP contribution in [-0.4, -0.2) is 5.78 Å². The first-order valence-corrected chi connectivity index (χ1v) is 6.43. The van der Waals surface area contributed by atoms with Gasteiger partial charge in [0.15, 0.2) is 5.78 Å². The van der Waals surface area contributed by atoms with Gasteiger partial charge >= 0.3 is 0 Å². The van der Waals surface area contributed by atoms with Crippen molar-refractivity contribution in [2.75, 3.05) is 0 Å². The molecule has 1 nitrogen and oxygen atoms in total. The number of hydrogen-bond donors (Lipinski definition) is 0. The minimum atomic E-state index is 0.228. The molecule has 0 fully saturated rings. The average molecular weight is 287 g/mol. The van der Waals surface area contributed by atoms with Gasteiger partial charge < -0.3 is 0 Å². The number of benzene rings is 1. The molecule has 2 aliphatic rings. The minimum absolute atomic E-state index is 0.228. The Kier molecular flexibility index (Phi) is 2.60. The topological polar surface area (TPSA) is 17.1 Å². The Labute approximate surface area is 109 Å². The molecular formula is C15H11BrO. The second-order valence-corrected chi connectivity index (χ2v) is 5.25. The summed E-state index contributed by atoms with van der Waals surface area (Å²) in [6.45, 7) is 0. The van der Waals surface area contributed by atoms with Gasteiger partial charge in [0.1, 0.15) is 0 Å². The average Bonchev–Trinajstić information content (AvgIpc) is 2.90. The minimum Gasteiger partial charge on any atom is -0.294 e. The smallest absolute Gasteiger partial charge is 0.167 e. The van der Waals surface area contributed by atoms with E-state index in [-0.39, 0.29) is 5.78 Å². The zero-order valence-corrected chi connectivity index (χ0v) is 10.8. The van der Waals surface area contributed by atoms with Gasteiger partial charge in [-0.15, -0.1) is 0 Å². The van der Waals surface area contributed by atoms with Crippen molar-refractivity contribution >= 4 is 27.3 Å². The number of carbonyl (C=O) groups is 1. The summed E-state index contributed by atoms with van der Waals surface area (Å²) in [5.41, 5.74) is 4.28. The van der Waals surface area contributed by atoms with E-state index in [9.17, 15) is 4.79 Å². The predicted octanol–water partition coefficient (Wildman–Crippen LogP) is 3.84. The number of rotatable bonds is 1. The van der Waals surface area contributed by atoms with E-state index in [1.54, 1.807) is 0 Å². The van der Waals surface area contributed by atoms with Crippen molar-refractivity contribution in [3.05, 3.63) is 63.7 Å². The summed E-state index contributed by atoms with van der Waals surface area (Å²) in [6.07, 6.45) is 9.70. The lowest BCUT2D eigenvalue weighted by molar-refractivity contribution is -0.112. The van der Waals surface area contributed by atoms with Crippen LogP contribution in [0.1, 0.15) is 17.5 Å². The lowest BCUT2D eigenvalue weighted by Crippen LogP contribution is -1.94. The molecule has 1 aromatic carbocycles. The first kappa shape index (κ1) is 10.7. The monoisotopic (exact) mass is 286 g/mol. The van der Waals surface area contributed by atoms with E-state index < -0.39 is 0 Å². The summed E-state index contributed by atoms with van der Waals surface area (Å²) in [6, 6.07) is 6.06. The Morgan fingerprint density at radius 1 is 1.29 bits per heavy atom. The Morgan fingerprint density at radius 3 is 2.94 bits per heavy atom. The van der Waals surface area contributed by atoms with Gasteiger partial charge in [-0.1, -0.05) is 40.2 Å². The second kappa shape index (κ2) is 4.11. The molecule has 0 N–H and O–H groups in total. The molecule has 1 aromatic rings. The van der Waals surface area contributed by atoms with Crippen molar-refractivity contribution in [1.82, 2.24) is 0 Å². The van der Waals surface area contributed by atoms with Gasteiger partial charge in [0.25, 0.3) is 0 Å². The molecule has 0 heterocycles. The van der Waals surface area contributed by atoms with Crippen LogP contribution >= 0.6 is 15.9 Å². The fraction of sp³-hybridized carbons (Fsp3) is 0.133. The first-order valence-electron chi connectivity index (χ1n) is 5.63. The van der Waals surface area contributed by atoms with Crippen molar-refractivity contribution < 1.29 is 4.79 Å². The summed E-state index contributed by atoms with van der Waals surface area (Å²) in [5, 5.41) is 0. The van der Waals surface area contributed by atoms with Crippen LogP contribution in [-0.2, 0) is 11.2 Å².